The number of aromatic nitrogens is 2. The Morgan fingerprint density at radius 3 is 3.27 bits per heavy atom. The Kier molecular flexibility index (Phi) is 3.07. The second-order valence-electron chi connectivity index (χ2n) is 4.37. The summed E-state index contributed by atoms with van der Waals surface area (Å²) < 4.78 is 1.96. The van der Waals surface area contributed by atoms with Gasteiger partial charge in [-0.05, 0) is 26.2 Å². The number of aliphatic hydroxyl groups excluding tert-OH is 1. The minimum absolute atomic E-state index is 0.285. The van der Waals surface area contributed by atoms with Crippen LogP contribution in [0.25, 0.3) is 0 Å². The second kappa shape index (κ2) is 4.33. The van der Waals surface area contributed by atoms with Gasteiger partial charge in [0.1, 0.15) is 0 Å². The summed E-state index contributed by atoms with van der Waals surface area (Å²) in [6.07, 6.45) is 5.13. The van der Waals surface area contributed by atoms with Gasteiger partial charge in [-0.25, -0.2) is 0 Å². The molecule has 1 aliphatic rings. The van der Waals surface area contributed by atoms with Crippen molar-refractivity contribution in [1.82, 2.24) is 15.1 Å². The molecule has 0 spiro atoms. The van der Waals surface area contributed by atoms with Crippen LogP contribution in [0.3, 0.4) is 0 Å². The van der Waals surface area contributed by atoms with Crippen LogP contribution in [0, 0.1) is 0 Å². The Balaban J connectivity index is 2.09. The van der Waals surface area contributed by atoms with Gasteiger partial charge >= 0.3 is 0 Å². The maximum absolute atomic E-state index is 9.25. The van der Waals surface area contributed by atoms with E-state index in [1.54, 1.807) is 6.92 Å². The molecule has 2 atom stereocenters. The van der Waals surface area contributed by atoms with Gasteiger partial charge in [0.25, 0.3) is 0 Å². The second-order valence-corrected chi connectivity index (χ2v) is 4.37. The first-order chi connectivity index (χ1) is 7.18. The molecule has 84 valence electrons. The van der Waals surface area contributed by atoms with Gasteiger partial charge in [-0.3, -0.25) is 4.68 Å². The molecule has 0 radical (unpaired) electrons. The van der Waals surface area contributed by atoms with E-state index in [0.717, 1.165) is 12.8 Å². The van der Waals surface area contributed by atoms with Crippen LogP contribution in [0.2, 0.25) is 0 Å². The van der Waals surface area contributed by atoms with E-state index in [4.69, 9.17) is 0 Å². The van der Waals surface area contributed by atoms with Crippen LogP contribution >= 0.6 is 0 Å². The largest absolute Gasteiger partial charge is 0.392 e. The zero-order chi connectivity index (χ0) is 10.8. The highest BCUT2D eigenvalue weighted by Gasteiger charge is 2.22. The summed E-state index contributed by atoms with van der Waals surface area (Å²) in [6, 6.07) is 0.372. The fourth-order valence-corrected chi connectivity index (χ4v) is 2.23. The van der Waals surface area contributed by atoms with Gasteiger partial charge in [-0.1, -0.05) is 0 Å². The summed E-state index contributed by atoms with van der Waals surface area (Å²) in [5.41, 5.74) is 2.65. The molecule has 0 saturated heterocycles. The average molecular weight is 209 g/mol. The predicted octanol–water partition coefficient (Wildman–Crippen LogP) is 0.768. The lowest BCUT2D eigenvalue weighted by atomic mass is 9.93. The van der Waals surface area contributed by atoms with Crippen molar-refractivity contribution in [1.29, 1.82) is 0 Å². The molecule has 15 heavy (non-hydrogen) atoms. The summed E-state index contributed by atoms with van der Waals surface area (Å²) in [4.78, 5) is 0. The van der Waals surface area contributed by atoms with Gasteiger partial charge in [0, 0.05) is 30.9 Å². The van der Waals surface area contributed by atoms with Crippen molar-refractivity contribution in [2.45, 2.75) is 38.3 Å². The number of nitrogens with zero attached hydrogens (tertiary/aromatic N) is 2. The van der Waals surface area contributed by atoms with Gasteiger partial charge in [0.15, 0.2) is 0 Å². The molecule has 2 rings (SSSR count). The van der Waals surface area contributed by atoms with Gasteiger partial charge in [0.05, 0.1) is 12.3 Å². The van der Waals surface area contributed by atoms with Crippen LogP contribution in [0.5, 0.6) is 0 Å². The highest BCUT2D eigenvalue weighted by Crippen LogP contribution is 2.28. The van der Waals surface area contributed by atoms with E-state index in [9.17, 15) is 5.11 Å². The van der Waals surface area contributed by atoms with Gasteiger partial charge in [0.2, 0.25) is 0 Å². The van der Waals surface area contributed by atoms with Crippen LogP contribution in [-0.4, -0.2) is 27.5 Å². The minimum Gasteiger partial charge on any atom is -0.392 e. The van der Waals surface area contributed by atoms with Crippen molar-refractivity contribution in [2.24, 2.45) is 7.05 Å². The molecule has 1 aliphatic carbocycles. The molecule has 0 saturated carbocycles. The Labute approximate surface area is 90.3 Å². The van der Waals surface area contributed by atoms with E-state index in [0.29, 0.717) is 12.6 Å². The predicted molar refractivity (Wildman–Crippen MR) is 58.6 cm³/mol. The number of fused-ring (bicyclic) bond motifs is 1. The zero-order valence-electron chi connectivity index (χ0n) is 9.40. The first-order valence-electron chi connectivity index (χ1n) is 5.60. The summed E-state index contributed by atoms with van der Waals surface area (Å²) >= 11 is 0. The Hall–Kier alpha value is -0.870. The molecule has 1 heterocycles. The highest BCUT2D eigenvalue weighted by atomic mass is 16.3. The first-order valence-corrected chi connectivity index (χ1v) is 5.60. The SMILES string of the molecule is C[C@H](O)CNC1CCCc2c1cnn2C. The zero-order valence-corrected chi connectivity index (χ0v) is 9.40. The average Bonchev–Trinajstić information content (AvgIpc) is 2.58. The molecule has 1 aromatic heterocycles. The van der Waals surface area contributed by atoms with Crippen molar-refractivity contribution >= 4 is 0 Å². The third-order valence-electron chi connectivity index (χ3n) is 3.04. The van der Waals surface area contributed by atoms with Gasteiger partial charge in [-0.2, -0.15) is 5.10 Å². The van der Waals surface area contributed by atoms with Crippen molar-refractivity contribution in [3.8, 4) is 0 Å². The number of hydrogen-bond donors (Lipinski definition) is 2. The molecule has 0 fully saturated rings. The van der Waals surface area contributed by atoms with Crippen LogP contribution < -0.4 is 5.32 Å². The molecule has 0 amide bonds. The number of aryl methyl sites for hydroxylation is 1. The van der Waals surface area contributed by atoms with Crippen LogP contribution in [-0.2, 0) is 13.5 Å². The summed E-state index contributed by atoms with van der Waals surface area (Å²) in [7, 11) is 2.00. The van der Waals surface area contributed by atoms with Gasteiger partial charge < -0.3 is 10.4 Å². The standard InChI is InChI=1S/C11H19N3O/c1-8(15)6-12-10-4-3-5-11-9(10)7-13-14(11)2/h7-8,10,12,15H,3-6H2,1-2H3/t8-,10?/m0/s1. The normalized spacial score (nSPS) is 22.5. The Morgan fingerprint density at radius 1 is 1.73 bits per heavy atom. The highest BCUT2D eigenvalue weighted by molar-refractivity contribution is 5.24. The minimum atomic E-state index is -0.285. The Morgan fingerprint density at radius 2 is 2.53 bits per heavy atom. The molecule has 1 aromatic rings. The molecular formula is C11H19N3O. The maximum Gasteiger partial charge on any atom is 0.0636 e. The van der Waals surface area contributed by atoms with Gasteiger partial charge in [-0.15, -0.1) is 0 Å². The van der Waals surface area contributed by atoms with Crippen molar-refractivity contribution in [3.05, 3.63) is 17.5 Å². The molecule has 0 aliphatic heterocycles. The lowest BCUT2D eigenvalue weighted by Crippen LogP contribution is -2.30. The van der Waals surface area contributed by atoms with E-state index >= 15 is 0 Å². The Bertz CT molecular complexity index is 333. The van der Waals surface area contributed by atoms with E-state index in [1.807, 2.05) is 17.9 Å². The fourth-order valence-electron chi connectivity index (χ4n) is 2.23. The maximum atomic E-state index is 9.25. The smallest absolute Gasteiger partial charge is 0.0636 e. The molecule has 1 unspecified atom stereocenters. The van der Waals surface area contributed by atoms with Crippen molar-refractivity contribution in [2.75, 3.05) is 6.54 Å². The summed E-state index contributed by atoms with van der Waals surface area (Å²) in [5.74, 6) is 0. The number of hydrogen-bond acceptors (Lipinski definition) is 3. The third kappa shape index (κ3) is 2.21. The third-order valence-corrected chi connectivity index (χ3v) is 3.04. The van der Waals surface area contributed by atoms with Crippen LogP contribution in [0.4, 0.5) is 0 Å². The van der Waals surface area contributed by atoms with Crippen LogP contribution in [0.1, 0.15) is 37.1 Å². The molecular weight excluding hydrogens is 190 g/mol. The lowest BCUT2D eigenvalue weighted by Gasteiger charge is -2.24. The summed E-state index contributed by atoms with van der Waals surface area (Å²) in [5, 5.41) is 16.9. The van der Waals surface area contributed by atoms with E-state index < -0.39 is 0 Å². The monoisotopic (exact) mass is 209 g/mol. The van der Waals surface area contributed by atoms with Crippen molar-refractivity contribution < 1.29 is 5.11 Å². The van der Waals surface area contributed by atoms with E-state index in [2.05, 4.69) is 10.4 Å². The number of aliphatic hydroxyl groups is 1. The van der Waals surface area contributed by atoms with E-state index in [1.165, 1.54) is 17.7 Å². The number of nitrogens with one attached hydrogen (secondary N) is 1. The molecule has 0 aromatic carbocycles. The number of rotatable bonds is 3. The van der Waals surface area contributed by atoms with Crippen LogP contribution in [0.15, 0.2) is 6.20 Å². The van der Waals surface area contributed by atoms with E-state index in [-0.39, 0.29) is 6.10 Å². The molecule has 2 N–H and O–H groups in total. The molecule has 0 bridgehead atoms. The fraction of sp³-hybridized carbons (Fsp3) is 0.727. The van der Waals surface area contributed by atoms with Crippen molar-refractivity contribution in [3.63, 3.8) is 0 Å². The topological polar surface area (TPSA) is 50.1 Å². The summed E-state index contributed by atoms with van der Waals surface area (Å²) in [6.45, 7) is 2.46. The molecule has 4 heteroatoms. The lowest BCUT2D eigenvalue weighted by molar-refractivity contribution is 0.184. The quantitative estimate of drug-likeness (QED) is 0.773. The molecule has 4 nitrogen and oxygen atoms in total. The first kappa shape index (κ1) is 10.6.